The number of phenols is 1. The molecular weight excluding hydrogens is 293 g/mol. The molecule has 6 heteroatoms. The van der Waals surface area contributed by atoms with Gasteiger partial charge in [0, 0.05) is 5.56 Å². The number of sulfonamides is 1. The molecule has 0 aliphatic rings. The molecule has 2 rings (SSSR count). The minimum Gasteiger partial charge on any atom is -0.507 e. The van der Waals surface area contributed by atoms with Crippen molar-refractivity contribution in [2.75, 3.05) is 4.72 Å². The zero-order chi connectivity index (χ0) is 15.8. The van der Waals surface area contributed by atoms with Gasteiger partial charge in [0.2, 0.25) is 0 Å². The first-order valence-corrected chi connectivity index (χ1v) is 7.79. The molecule has 0 aliphatic heterocycles. The molecule has 0 amide bonds. The first-order valence-electron chi connectivity index (χ1n) is 6.30. The van der Waals surface area contributed by atoms with Crippen LogP contribution in [0.3, 0.4) is 0 Å². The van der Waals surface area contributed by atoms with E-state index in [2.05, 4.69) is 4.72 Å². The summed E-state index contributed by atoms with van der Waals surface area (Å²) in [5.74, 6) is -0.443. The molecule has 0 fully saturated rings. The highest BCUT2D eigenvalue weighted by Crippen LogP contribution is 2.30. The molecule has 0 saturated heterocycles. The Morgan fingerprint density at radius 3 is 2.33 bits per heavy atom. The van der Waals surface area contributed by atoms with E-state index in [0.717, 1.165) is 12.1 Å². The van der Waals surface area contributed by atoms with E-state index >= 15 is 0 Å². The summed E-state index contributed by atoms with van der Waals surface area (Å²) in [6.07, 6.45) is 0. The summed E-state index contributed by atoms with van der Waals surface area (Å²) >= 11 is 0. The van der Waals surface area contributed by atoms with Gasteiger partial charge in [0.05, 0.1) is 10.6 Å². The fourth-order valence-electron chi connectivity index (χ4n) is 2.06. The minimum absolute atomic E-state index is 0.00312. The number of hydrogen-bond donors (Lipinski definition) is 2. The van der Waals surface area contributed by atoms with Crippen molar-refractivity contribution in [3.63, 3.8) is 0 Å². The molecule has 0 aromatic heterocycles. The number of nitrogens with one attached hydrogen (secondary N) is 1. The highest BCUT2D eigenvalue weighted by molar-refractivity contribution is 7.92. The standard InChI is InChI=1S/C15H16FNO3S/c1-9-4-6-13(11(3)15(9)18)17-21(19,20)14-7-5-12(16)8-10(14)2/h4-8,17-18H,1-3H3. The van der Waals surface area contributed by atoms with E-state index in [-0.39, 0.29) is 10.6 Å². The molecule has 4 nitrogen and oxygen atoms in total. The first-order chi connectivity index (χ1) is 9.72. The molecule has 0 spiro atoms. The fourth-order valence-corrected chi connectivity index (χ4v) is 3.41. The summed E-state index contributed by atoms with van der Waals surface area (Å²) < 4.78 is 40.2. The van der Waals surface area contributed by atoms with Crippen LogP contribution < -0.4 is 4.72 Å². The predicted octanol–water partition coefficient (Wildman–Crippen LogP) is 3.26. The van der Waals surface area contributed by atoms with E-state index in [1.165, 1.54) is 13.0 Å². The van der Waals surface area contributed by atoms with E-state index < -0.39 is 15.8 Å². The Morgan fingerprint density at radius 2 is 1.71 bits per heavy atom. The minimum atomic E-state index is -3.84. The molecule has 2 N–H and O–H groups in total. The largest absolute Gasteiger partial charge is 0.507 e. The number of phenolic OH excluding ortho intramolecular Hbond substituents is 1. The van der Waals surface area contributed by atoms with Crippen molar-refractivity contribution >= 4 is 15.7 Å². The third-order valence-corrected chi connectivity index (χ3v) is 4.83. The molecule has 112 valence electrons. The summed E-state index contributed by atoms with van der Waals surface area (Å²) in [4.78, 5) is 0.00312. The summed E-state index contributed by atoms with van der Waals surface area (Å²) in [6, 6.07) is 6.68. The van der Waals surface area contributed by atoms with Gasteiger partial charge in [-0.1, -0.05) is 6.07 Å². The number of rotatable bonds is 3. The molecule has 0 heterocycles. The van der Waals surface area contributed by atoms with Crippen molar-refractivity contribution in [3.05, 3.63) is 52.8 Å². The lowest BCUT2D eigenvalue weighted by molar-refractivity contribution is 0.467. The summed E-state index contributed by atoms with van der Waals surface area (Å²) in [5.41, 5.74) is 1.71. The lowest BCUT2D eigenvalue weighted by Crippen LogP contribution is -2.15. The maximum absolute atomic E-state index is 13.1. The molecule has 0 saturated carbocycles. The molecular formula is C15H16FNO3S. The molecule has 2 aromatic rings. The van der Waals surface area contributed by atoms with Gasteiger partial charge in [-0.3, -0.25) is 4.72 Å². The quantitative estimate of drug-likeness (QED) is 0.914. The van der Waals surface area contributed by atoms with Crippen LogP contribution in [0.5, 0.6) is 5.75 Å². The second kappa shape index (κ2) is 5.37. The van der Waals surface area contributed by atoms with Crippen LogP contribution >= 0.6 is 0 Å². The van der Waals surface area contributed by atoms with Crippen LogP contribution in [0.15, 0.2) is 35.2 Å². The van der Waals surface area contributed by atoms with Gasteiger partial charge < -0.3 is 5.11 Å². The topological polar surface area (TPSA) is 66.4 Å². The van der Waals surface area contributed by atoms with Gasteiger partial charge in [-0.15, -0.1) is 0 Å². The average Bonchev–Trinajstić information content (AvgIpc) is 2.39. The van der Waals surface area contributed by atoms with Gasteiger partial charge >= 0.3 is 0 Å². The SMILES string of the molecule is Cc1cc(F)ccc1S(=O)(=O)Nc1ccc(C)c(O)c1C. The van der Waals surface area contributed by atoms with Gasteiger partial charge in [-0.25, -0.2) is 12.8 Å². The summed E-state index contributed by atoms with van der Waals surface area (Å²) in [6.45, 7) is 4.87. The van der Waals surface area contributed by atoms with Gasteiger partial charge in [0.15, 0.2) is 0 Å². The van der Waals surface area contributed by atoms with E-state index in [0.29, 0.717) is 22.4 Å². The third kappa shape index (κ3) is 3.00. The van der Waals surface area contributed by atoms with Crippen LogP contribution in [0.1, 0.15) is 16.7 Å². The van der Waals surface area contributed by atoms with Gasteiger partial charge in [0.25, 0.3) is 10.0 Å². The predicted molar refractivity (Wildman–Crippen MR) is 79.5 cm³/mol. The van der Waals surface area contributed by atoms with Crippen molar-refractivity contribution in [1.29, 1.82) is 0 Å². The smallest absolute Gasteiger partial charge is 0.262 e. The van der Waals surface area contributed by atoms with Crippen molar-refractivity contribution < 1.29 is 17.9 Å². The highest BCUT2D eigenvalue weighted by atomic mass is 32.2. The van der Waals surface area contributed by atoms with Crippen LogP contribution in [0.25, 0.3) is 0 Å². The van der Waals surface area contributed by atoms with E-state index in [9.17, 15) is 17.9 Å². The van der Waals surface area contributed by atoms with Crippen LogP contribution in [0, 0.1) is 26.6 Å². The first kappa shape index (κ1) is 15.3. The normalized spacial score (nSPS) is 11.4. The molecule has 21 heavy (non-hydrogen) atoms. The zero-order valence-electron chi connectivity index (χ0n) is 11.9. The Morgan fingerprint density at radius 1 is 1.05 bits per heavy atom. The molecule has 0 aliphatic carbocycles. The second-order valence-electron chi connectivity index (χ2n) is 4.92. The Hall–Kier alpha value is -2.08. The average molecular weight is 309 g/mol. The van der Waals surface area contributed by atoms with Gasteiger partial charge in [-0.2, -0.15) is 0 Å². The van der Waals surface area contributed by atoms with E-state index in [4.69, 9.17) is 0 Å². The maximum Gasteiger partial charge on any atom is 0.262 e. The Bertz CT molecular complexity index is 801. The number of anilines is 1. The van der Waals surface area contributed by atoms with Crippen molar-refractivity contribution in [1.82, 2.24) is 0 Å². The number of aromatic hydroxyl groups is 1. The third-order valence-electron chi connectivity index (χ3n) is 3.30. The Labute approximate surface area is 123 Å². The lowest BCUT2D eigenvalue weighted by atomic mass is 10.1. The van der Waals surface area contributed by atoms with Crippen LogP contribution in [-0.2, 0) is 10.0 Å². The highest BCUT2D eigenvalue weighted by Gasteiger charge is 2.19. The number of halogens is 1. The second-order valence-corrected chi connectivity index (χ2v) is 6.57. The maximum atomic E-state index is 13.1. The monoisotopic (exact) mass is 309 g/mol. The molecule has 0 radical (unpaired) electrons. The fraction of sp³-hybridized carbons (Fsp3) is 0.200. The van der Waals surface area contributed by atoms with E-state index in [1.807, 2.05) is 0 Å². The number of hydrogen-bond acceptors (Lipinski definition) is 3. The Balaban J connectivity index is 2.45. The molecule has 0 unspecified atom stereocenters. The van der Waals surface area contributed by atoms with Gasteiger partial charge in [-0.05, 0) is 56.2 Å². The van der Waals surface area contributed by atoms with Gasteiger partial charge in [0.1, 0.15) is 11.6 Å². The summed E-state index contributed by atoms with van der Waals surface area (Å²) in [7, 11) is -3.84. The van der Waals surface area contributed by atoms with Crippen molar-refractivity contribution in [2.24, 2.45) is 0 Å². The molecule has 0 atom stereocenters. The van der Waals surface area contributed by atoms with Crippen molar-refractivity contribution in [2.45, 2.75) is 25.7 Å². The number of aryl methyl sites for hydroxylation is 2. The van der Waals surface area contributed by atoms with Crippen molar-refractivity contribution in [3.8, 4) is 5.75 Å². The zero-order valence-corrected chi connectivity index (χ0v) is 12.8. The summed E-state index contributed by atoms with van der Waals surface area (Å²) in [5, 5.41) is 9.86. The molecule has 2 aromatic carbocycles. The van der Waals surface area contributed by atoms with Crippen LogP contribution in [0.2, 0.25) is 0 Å². The Kier molecular flexibility index (Phi) is 3.91. The van der Waals surface area contributed by atoms with Crippen LogP contribution in [0.4, 0.5) is 10.1 Å². The van der Waals surface area contributed by atoms with E-state index in [1.54, 1.807) is 26.0 Å². The number of benzene rings is 2. The van der Waals surface area contributed by atoms with Crippen LogP contribution in [-0.4, -0.2) is 13.5 Å². The molecule has 0 bridgehead atoms. The lowest BCUT2D eigenvalue weighted by Gasteiger charge is -2.14.